The molecule has 5 heteroatoms. The fourth-order valence-electron chi connectivity index (χ4n) is 1.45. The van der Waals surface area contributed by atoms with Crippen LogP contribution in [0.4, 0.5) is 4.39 Å². The van der Waals surface area contributed by atoms with Gasteiger partial charge in [-0.2, -0.15) is 5.10 Å². The second-order valence-electron chi connectivity index (χ2n) is 3.73. The number of rotatable bonds is 3. The van der Waals surface area contributed by atoms with Gasteiger partial charge in [0.15, 0.2) is 0 Å². The van der Waals surface area contributed by atoms with Gasteiger partial charge in [0, 0.05) is 11.8 Å². The Morgan fingerprint density at radius 3 is 2.94 bits per heavy atom. The summed E-state index contributed by atoms with van der Waals surface area (Å²) < 4.78 is 13.0. The topological polar surface area (TPSA) is 57.8 Å². The Bertz CT molecular complexity index is 523. The molecule has 2 rings (SSSR count). The predicted octanol–water partition coefficient (Wildman–Crippen LogP) is 1.79. The highest BCUT2D eigenvalue weighted by Crippen LogP contribution is 2.09. The maximum Gasteiger partial charge on any atom is 0.251 e. The third kappa shape index (κ3) is 2.69. The summed E-state index contributed by atoms with van der Waals surface area (Å²) in [4.78, 5) is 11.7. The van der Waals surface area contributed by atoms with Crippen LogP contribution in [0.15, 0.2) is 30.5 Å². The summed E-state index contributed by atoms with van der Waals surface area (Å²) in [6, 6.07) is 6.05. The number of benzene rings is 1. The summed E-state index contributed by atoms with van der Waals surface area (Å²) in [5.74, 6) is -0.544. The number of aromatic nitrogens is 2. The first-order chi connectivity index (χ1) is 8.16. The third-order valence-electron chi connectivity index (χ3n) is 2.42. The molecule has 1 amide bonds. The van der Waals surface area contributed by atoms with E-state index in [1.165, 1.54) is 18.2 Å². The van der Waals surface area contributed by atoms with Crippen molar-refractivity contribution in [3.8, 4) is 0 Å². The monoisotopic (exact) mass is 233 g/mol. The molecular formula is C12H12FN3O. The van der Waals surface area contributed by atoms with Crippen molar-refractivity contribution in [1.82, 2.24) is 15.5 Å². The van der Waals surface area contributed by atoms with E-state index in [0.29, 0.717) is 17.7 Å². The second kappa shape index (κ2) is 4.78. The zero-order valence-electron chi connectivity index (χ0n) is 9.33. The van der Waals surface area contributed by atoms with Crippen molar-refractivity contribution in [2.45, 2.75) is 13.5 Å². The highest BCUT2D eigenvalue weighted by Gasteiger charge is 2.07. The molecule has 0 radical (unpaired) electrons. The SMILES string of the molecule is Cc1cc(C(=O)NCc2ccn[nH]2)ccc1F. The molecule has 0 saturated carbocycles. The number of aromatic amines is 1. The molecule has 1 aromatic carbocycles. The van der Waals surface area contributed by atoms with Gasteiger partial charge in [0.1, 0.15) is 5.82 Å². The lowest BCUT2D eigenvalue weighted by atomic mass is 10.1. The van der Waals surface area contributed by atoms with Gasteiger partial charge in [-0.05, 0) is 36.8 Å². The Kier molecular flexibility index (Phi) is 3.18. The molecule has 88 valence electrons. The number of halogens is 1. The number of carbonyl (C=O) groups excluding carboxylic acids is 1. The first-order valence-electron chi connectivity index (χ1n) is 5.19. The van der Waals surface area contributed by atoms with Crippen LogP contribution in [0.1, 0.15) is 21.6 Å². The van der Waals surface area contributed by atoms with E-state index in [-0.39, 0.29) is 11.7 Å². The highest BCUT2D eigenvalue weighted by atomic mass is 19.1. The van der Waals surface area contributed by atoms with E-state index < -0.39 is 0 Å². The van der Waals surface area contributed by atoms with Crippen molar-refractivity contribution < 1.29 is 9.18 Å². The molecule has 0 saturated heterocycles. The van der Waals surface area contributed by atoms with E-state index in [2.05, 4.69) is 15.5 Å². The number of amides is 1. The fraction of sp³-hybridized carbons (Fsp3) is 0.167. The largest absolute Gasteiger partial charge is 0.346 e. The fourth-order valence-corrected chi connectivity index (χ4v) is 1.45. The normalized spacial score (nSPS) is 10.2. The molecule has 0 bridgehead atoms. The average Bonchev–Trinajstić information content (AvgIpc) is 2.82. The molecule has 2 N–H and O–H groups in total. The maximum absolute atomic E-state index is 13.0. The lowest BCUT2D eigenvalue weighted by Gasteiger charge is -2.05. The molecule has 2 aromatic rings. The summed E-state index contributed by atoms with van der Waals surface area (Å²) in [6.07, 6.45) is 1.61. The molecule has 0 unspecified atom stereocenters. The lowest BCUT2D eigenvalue weighted by molar-refractivity contribution is 0.0950. The van der Waals surface area contributed by atoms with Crippen LogP contribution in [0.5, 0.6) is 0 Å². The highest BCUT2D eigenvalue weighted by molar-refractivity contribution is 5.94. The molecular weight excluding hydrogens is 221 g/mol. The van der Waals surface area contributed by atoms with Crippen molar-refractivity contribution in [3.05, 3.63) is 53.1 Å². The Morgan fingerprint density at radius 1 is 1.47 bits per heavy atom. The minimum absolute atomic E-state index is 0.234. The summed E-state index contributed by atoms with van der Waals surface area (Å²) in [7, 11) is 0. The number of hydrogen-bond acceptors (Lipinski definition) is 2. The van der Waals surface area contributed by atoms with Crippen LogP contribution >= 0.6 is 0 Å². The molecule has 1 heterocycles. The van der Waals surface area contributed by atoms with Crippen molar-refractivity contribution >= 4 is 5.91 Å². The number of carbonyl (C=O) groups is 1. The summed E-state index contributed by atoms with van der Waals surface area (Å²) in [6.45, 7) is 2.00. The van der Waals surface area contributed by atoms with Crippen LogP contribution < -0.4 is 5.32 Å². The Labute approximate surface area is 97.9 Å². The number of hydrogen-bond donors (Lipinski definition) is 2. The minimum atomic E-state index is -0.310. The third-order valence-corrected chi connectivity index (χ3v) is 2.42. The van der Waals surface area contributed by atoms with Crippen molar-refractivity contribution in [2.24, 2.45) is 0 Å². The van der Waals surface area contributed by atoms with Gasteiger partial charge >= 0.3 is 0 Å². The van der Waals surface area contributed by atoms with Gasteiger partial charge in [-0.3, -0.25) is 9.89 Å². The van der Waals surface area contributed by atoms with Crippen molar-refractivity contribution in [2.75, 3.05) is 0 Å². The Hall–Kier alpha value is -2.17. The summed E-state index contributed by atoms with van der Waals surface area (Å²) >= 11 is 0. The summed E-state index contributed by atoms with van der Waals surface area (Å²) in [5.41, 5.74) is 1.72. The molecule has 0 aliphatic rings. The zero-order valence-corrected chi connectivity index (χ0v) is 9.33. The number of H-pyrrole nitrogens is 1. The standard InChI is InChI=1S/C12H12FN3O/c1-8-6-9(2-3-11(8)13)12(17)14-7-10-4-5-15-16-10/h2-6H,7H2,1H3,(H,14,17)(H,15,16). The second-order valence-corrected chi connectivity index (χ2v) is 3.73. The molecule has 4 nitrogen and oxygen atoms in total. The van der Waals surface area contributed by atoms with E-state index in [0.717, 1.165) is 5.69 Å². The van der Waals surface area contributed by atoms with Crippen LogP contribution in [0, 0.1) is 12.7 Å². The minimum Gasteiger partial charge on any atom is -0.346 e. The predicted molar refractivity (Wildman–Crippen MR) is 60.9 cm³/mol. The number of nitrogens with one attached hydrogen (secondary N) is 2. The number of aryl methyl sites for hydroxylation is 1. The molecule has 0 spiro atoms. The van der Waals surface area contributed by atoms with Gasteiger partial charge < -0.3 is 5.32 Å². The molecule has 17 heavy (non-hydrogen) atoms. The lowest BCUT2D eigenvalue weighted by Crippen LogP contribution is -2.23. The molecule has 0 fully saturated rings. The van der Waals surface area contributed by atoms with E-state index in [9.17, 15) is 9.18 Å². The average molecular weight is 233 g/mol. The smallest absolute Gasteiger partial charge is 0.251 e. The van der Waals surface area contributed by atoms with Gasteiger partial charge in [0.2, 0.25) is 0 Å². The Morgan fingerprint density at radius 2 is 2.29 bits per heavy atom. The van der Waals surface area contributed by atoms with E-state index in [1.54, 1.807) is 19.2 Å². The van der Waals surface area contributed by atoms with E-state index >= 15 is 0 Å². The van der Waals surface area contributed by atoms with Crippen molar-refractivity contribution in [1.29, 1.82) is 0 Å². The van der Waals surface area contributed by atoms with Gasteiger partial charge in [0.25, 0.3) is 5.91 Å². The Balaban J connectivity index is 2.02. The quantitative estimate of drug-likeness (QED) is 0.849. The van der Waals surface area contributed by atoms with Gasteiger partial charge in [0.05, 0.1) is 12.2 Å². The van der Waals surface area contributed by atoms with Gasteiger partial charge in [-0.25, -0.2) is 4.39 Å². The number of nitrogens with zero attached hydrogens (tertiary/aromatic N) is 1. The summed E-state index contributed by atoms with van der Waals surface area (Å²) in [5, 5.41) is 9.23. The molecule has 1 aromatic heterocycles. The van der Waals surface area contributed by atoms with Crippen LogP contribution in [-0.2, 0) is 6.54 Å². The molecule has 0 atom stereocenters. The van der Waals surface area contributed by atoms with Crippen LogP contribution in [0.25, 0.3) is 0 Å². The molecule has 0 aliphatic heterocycles. The zero-order chi connectivity index (χ0) is 12.3. The van der Waals surface area contributed by atoms with Gasteiger partial charge in [-0.1, -0.05) is 0 Å². The van der Waals surface area contributed by atoms with E-state index in [4.69, 9.17) is 0 Å². The maximum atomic E-state index is 13.0. The van der Waals surface area contributed by atoms with Crippen LogP contribution in [-0.4, -0.2) is 16.1 Å². The van der Waals surface area contributed by atoms with Gasteiger partial charge in [-0.15, -0.1) is 0 Å². The van der Waals surface area contributed by atoms with Crippen molar-refractivity contribution in [3.63, 3.8) is 0 Å². The van der Waals surface area contributed by atoms with Crippen LogP contribution in [0.3, 0.4) is 0 Å². The van der Waals surface area contributed by atoms with E-state index in [1.807, 2.05) is 0 Å². The first kappa shape index (κ1) is 11.3. The van der Waals surface area contributed by atoms with Crippen LogP contribution in [0.2, 0.25) is 0 Å². The molecule has 0 aliphatic carbocycles. The first-order valence-corrected chi connectivity index (χ1v) is 5.19.